The Bertz CT molecular complexity index is 311. The average molecular weight is 248 g/mol. The fourth-order valence-electron chi connectivity index (χ4n) is 1.41. The quantitative estimate of drug-likeness (QED) is 0.810. The molecule has 1 N–H and O–H groups in total. The van der Waals surface area contributed by atoms with Gasteiger partial charge in [-0.3, -0.25) is 0 Å². The number of benzene rings is 1. The minimum Gasteiger partial charge on any atom is -0.508 e. The molecule has 1 rings (SSSR count). The molecule has 0 atom stereocenters. The van der Waals surface area contributed by atoms with E-state index >= 15 is 0 Å². The van der Waals surface area contributed by atoms with E-state index in [2.05, 4.69) is 4.90 Å². The van der Waals surface area contributed by atoms with E-state index < -0.39 is 0 Å². The lowest BCUT2D eigenvalue weighted by Crippen LogP contribution is -2.27. The molecular weight excluding hydrogens is 233 g/mol. The van der Waals surface area contributed by atoms with Gasteiger partial charge in [0.2, 0.25) is 0 Å². The van der Waals surface area contributed by atoms with E-state index in [1.165, 1.54) is 0 Å². The van der Waals surface area contributed by atoms with Crippen LogP contribution in [0.2, 0.25) is 0 Å². The van der Waals surface area contributed by atoms with Crippen molar-refractivity contribution in [2.75, 3.05) is 29.7 Å². The van der Waals surface area contributed by atoms with Crippen molar-refractivity contribution in [1.82, 2.24) is 0 Å². The van der Waals surface area contributed by atoms with Gasteiger partial charge in [0.25, 0.3) is 0 Å². The van der Waals surface area contributed by atoms with Gasteiger partial charge in [-0.05, 0) is 30.7 Å². The molecule has 0 heterocycles. The number of phenolic OH excluding ortho intramolecular Hbond substituents is 1. The number of hydrogen-bond acceptors (Lipinski definition) is 2. The second-order valence-electron chi connectivity index (χ2n) is 3.34. The van der Waals surface area contributed by atoms with Gasteiger partial charge in [0.1, 0.15) is 5.75 Å². The Morgan fingerprint density at radius 3 is 2.27 bits per heavy atom. The van der Waals surface area contributed by atoms with Gasteiger partial charge in [-0.15, -0.1) is 23.2 Å². The maximum absolute atomic E-state index is 9.41. The van der Waals surface area contributed by atoms with Crippen molar-refractivity contribution >= 4 is 28.9 Å². The topological polar surface area (TPSA) is 23.5 Å². The molecule has 0 fully saturated rings. The first kappa shape index (κ1) is 12.5. The molecule has 0 spiro atoms. The van der Waals surface area contributed by atoms with Crippen LogP contribution in [0.25, 0.3) is 0 Å². The van der Waals surface area contributed by atoms with Crippen LogP contribution in [0.15, 0.2) is 18.2 Å². The zero-order valence-electron chi connectivity index (χ0n) is 8.71. The molecule has 0 aromatic heterocycles. The van der Waals surface area contributed by atoms with Gasteiger partial charge < -0.3 is 10.0 Å². The van der Waals surface area contributed by atoms with Crippen molar-refractivity contribution < 1.29 is 5.11 Å². The third-order valence-electron chi connectivity index (χ3n) is 2.25. The van der Waals surface area contributed by atoms with E-state index in [1.807, 2.05) is 19.1 Å². The van der Waals surface area contributed by atoms with Crippen LogP contribution in [-0.4, -0.2) is 30.0 Å². The van der Waals surface area contributed by atoms with E-state index in [0.717, 1.165) is 24.3 Å². The number of anilines is 1. The van der Waals surface area contributed by atoms with Crippen molar-refractivity contribution in [3.63, 3.8) is 0 Å². The number of aryl methyl sites for hydroxylation is 1. The predicted octanol–water partition coefficient (Wildman–Crippen LogP) is 2.98. The molecule has 1 aromatic carbocycles. The Hall–Kier alpha value is -0.600. The van der Waals surface area contributed by atoms with E-state index in [0.29, 0.717) is 17.5 Å². The number of hydrogen-bond donors (Lipinski definition) is 1. The van der Waals surface area contributed by atoms with E-state index in [9.17, 15) is 5.11 Å². The predicted molar refractivity (Wildman–Crippen MR) is 66.5 cm³/mol. The van der Waals surface area contributed by atoms with E-state index in [-0.39, 0.29) is 0 Å². The largest absolute Gasteiger partial charge is 0.508 e. The summed E-state index contributed by atoms with van der Waals surface area (Å²) in [4.78, 5) is 2.10. The molecule has 0 aliphatic carbocycles. The molecule has 2 nitrogen and oxygen atoms in total. The third kappa shape index (κ3) is 3.47. The van der Waals surface area contributed by atoms with Crippen LogP contribution in [0.3, 0.4) is 0 Å². The van der Waals surface area contributed by atoms with Crippen LogP contribution in [0.1, 0.15) is 5.56 Å². The Balaban J connectivity index is 2.85. The Kier molecular flexibility index (Phi) is 5.06. The molecule has 0 saturated carbocycles. The third-order valence-corrected chi connectivity index (χ3v) is 2.59. The van der Waals surface area contributed by atoms with Crippen molar-refractivity contribution in [3.8, 4) is 5.75 Å². The highest BCUT2D eigenvalue weighted by Crippen LogP contribution is 2.23. The van der Waals surface area contributed by atoms with Gasteiger partial charge in [0.15, 0.2) is 0 Å². The summed E-state index contributed by atoms with van der Waals surface area (Å²) >= 11 is 11.4. The molecular formula is C11H15Cl2NO. The normalized spacial score (nSPS) is 10.3. The highest BCUT2D eigenvalue weighted by atomic mass is 35.5. The standard InChI is InChI=1S/C11H15Cl2NO/c1-9-8-10(2-3-11(9)15)14(6-4-12)7-5-13/h2-3,8,15H,4-7H2,1H3. The molecule has 0 saturated heterocycles. The van der Waals surface area contributed by atoms with Crippen LogP contribution in [0.5, 0.6) is 5.75 Å². The summed E-state index contributed by atoms with van der Waals surface area (Å²) in [5.41, 5.74) is 1.91. The average Bonchev–Trinajstić information content (AvgIpc) is 2.22. The van der Waals surface area contributed by atoms with Gasteiger partial charge in [-0.2, -0.15) is 0 Å². The molecule has 84 valence electrons. The Labute approximate surface area is 100 Å². The fraction of sp³-hybridized carbons (Fsp3) is 0.455. The summed E-state index contributed by atoms with van der Waals surface area (Å²) in [5, 5.41) is 9.41. The van der Waals surface area contributed by atoms with Gasteiger partial charge in [0, 0.05) is 30.5 Å². The SMILES string of the molecule is Cc1cc(N(CCCl)CCCl)ccc1O. The highest BCUT2D eigenvalue weighted by Gasteiger charge is 2.06. The van der Waals surface area contributed by atoms with Crippen LogP contribution in [0.4, 0.5) is 5.69 Å². The first-order valence-corrected chi connectivity index (χ1v) is 5.92. The first-order valence-electron chi connectivity index (χ1n) is 4.85. The lowest BCUT2D eigenvalue weighted by molar-refractivity contribution is 0.471. The zero-order chi connectivity index (χ0) is 11.3. The number of halogens is 2. The van der Waals surface area contributed by atoms with Crippen LogP contribution in [-0.2, 0) is 0 Å². The molecule has 0 bridgehead atoms. The highest BCUT2D eigenvalue weighted by molar-refractivity contribution is 6.18. The lowest BCUT2D eigenvalue weighted by atomic mass is 10.2. The van der Waals surface area contributed by atoms with Gasteiger partial charge in [-0.25, -0.2) is 0 Å². The number of phenols is 1. The molecule has 0 unspecified atom stereocenters. The summed E-state index contributed by atoms with van der Waals surface area (Å²) in [5.74, 6) is 1.45. The maximum atomic E-state index is 9.41. The second-order valence-corrected chi connectivity index (χ2v) is 4.09. The van der Waals surface area contributed by atoms with Crippen molar-refractivity contribution in [3.05, 3.63) is 23.8 Å². The summed E-state index contributed by atoms with van der Waals surface area (Å²) in [6.07, 6.45) is 0. The van der Waals surface area contributed by atoms with E-state index in [1.54, 1.807) is 6.07 Å². The molecule has 0 radical (unpaired) electrons. The number of rotatable bonds is 5. The Morgan fingerprint density at radius 1 is 1.20 bits per heavy atom. The smallest absolute Gasteiger partial charge is 0.118 e. The second kappa shape index (κ2) is 6.09. The van der Waals surface area contributed by atoms with Crippen LogP contribution < -0.4 is 4.90 Å². The molecule has 15 heavy (non-hydrogen) atoms. The van der Waals surface area contributed by atoms with Crippen molar-refractivity contribution in [1.29, 1.82) is 0 Å². The first-order chi connectivity index (χ1) is 7.19. The number of aromatic hydroxyl groups is 1. The molecule has 0 aliphatic rings. The van der Waals surface area contributed by atoms with Gasteiger partial charge in [0.05, 0.1) is 0 Å². The summed E-state index contributed by atoms with van der Waals surface area (Å²) in [6, 6.07) is 5.51. The number of nitrogens with zero attached hydrogens (tertiary/aromatic N) is 1. The molecule has 0 amide bonds. The fourth-order valence-corrected chi connectivity index (χ4v) is 1.82. The summed E-state index contributed by atoms with van der Waals surface area (Å²) in [7, 11) is 0. The zero-order valence-corrected chi connectivity index (χ0v) is 10.2. The minimum atomic E-state index is 0.315. The number of alkyl halides is 2. The van der Waals surface area contributed by atoms with Crippen molar-refractivity contribution in [2.24, 2.45) is 0 Å². The van der Waals surface area contributed by atoms with Gasteiger partial charge in [-0.1, -0.05) is 0 Å². The molecule has 1 aromatic rings. The summed E-state index contributed by atoms with van der Waals surface area (Å²) in [6.45, 7) is 3.40. The van der Waals surface area contributed by atoms with Gasteiger partial charge >= 0.3 is 0 Å². The molecule has 0 aliphatic heterocycles. The van der Waals surface area contributed by atoms with E-state index in [4.69, 9.17) is 23.2 Å². The monoisotopic (exact) mass is 247 g/mol. The van der Waals surface area contributed by atoms with Crippen molar-refractivity contribution in [2.45, 2.75) is 6.92 Å². The lowest BCUT2D eigenvalue weighted by Gasteiger charge is -2.23. The molecule has 4 heteroatoms. The Morgan fingerprint density at radius 2 is 1.80 bits per heavy atom. The van der Waals surface area contributed by atoms with Crippen LogP contribution >= 0.6 is 23.2 Å². The maximum Gasteiger partial charge on any atom is 0.118 e. The van der Waals surface area contributed by atoms with Crippen LogP contribution in [0, 0.1) is 6.92 Å². The summed E-state index contributed by atoms with van der Waals surface area (Å²) < 4.78 is 0. The minimum absolute atomic E-state index is 0.315.